The van der Waals surface area contributed by atoms with Crippen LogP contribution in [0.2, 0.25) is 0 Å². The number of anilines is 1. The van der Waals surface area contributed by atoms with Crippen LogP contribution in [0.4, 0.5) is 11.4 Å². The van der Waals surface area contributed by atoms with Crippen molar-refractivity contribution in [2.24, 2.45) is 0 Å². The molecule has 1 aromatic heterocycles. The average Bonchev–Trinajstić information content (AvgIpc) is 3.71. The normalized spacial score (nSPS) is 19.2. The molecule has 0 spiro atoms. The van der Waals surface area contributed by atoms with Crippen LogP contribution >= 0.6 is 11.8 Å². The van der Waals surface area contributed by atoms with Gasteiger partial charge in [0.25, 0.3) is 5.69 Å². The summed E-state index contributed by atoms with van der Waals surface area (Å²) in [5, 5.41) is 20.5. The van der Waals surface area contributed by atoms with Gasteiger partial charge < -0.3 is 14.4 Å². The number of non-ortho nitro benzene ring substituents is 1. The van der Waals surface area contributed by atoms with Crippen LogP contribution in [0.3, 0.4) is 0 Å². The van der Waals surface area contributed by atoms with Crippen LogP contribution in [0.25, 0.3) is 0 Å². The molecular weight excluding hydrogens is 404 g/mol. The number of hydrogen-bond donors (Lipinski definition) is 0. The summed E-state index contributed by atoms with van der Waals surface area (Å²) in [5.74, 6) is 2.19. The van der Waals surface area contributed by atoms with Crippen molar-refractivity contribution in [3.8, 4) is 0 Å². The van der Waals surface area contributed by atoms with E-state index in [-0.39, 0.29) is 11.6 Å². The first-order valence-electron chi connectivity index (χ1n) is 10.4. The maximum atomic E-state index is 12.7. The second-order valence-electron chi connectivity index (χ2n) is 8.15. The van der Waals surface area contributed by atoms with Crippen molar-refractivity contribution in [2.75, 3.05) is 36.8 Å². The molecule has 1 amide bonds. The maximum Gasteiger partial charge on any atom is 0.269 e. The zero-order chi connectivity index (χ0) is 20.7. The monoisotopic (exact) mass is 428 g/mol. The molecule has 158 valence electrons. The van der Waals surface area contributed by atoms with Crippen LogP contribution in [0.5, 0.6) is 0 Å². The Bertz CT molecular complexity index is 946. The Kier molecular flexibility index (Phi) is 5.10. The van der Waals surface area contributed by atoms with E-state index in [1.54, 1.807) is 12.1 Å². The third kappa shape index (κ3) is 4.00. The fraction of sp³-hybridized carbons (Fsp3) is 0.550. The van der Waals surface area contributed by atoms with Crippen molar-refractivity contribution in [3.05, 3.63) is 40.2 Å². The first-order chi connectivity index (χ1) is 14.6. The summed E-state index contributed by atoms with van der Waals surface area (Å²) in [4.78, 5) is 27.2. The number of amides is 1. The zero-order valence-electron chi connectivity index (χ0n) is 16.6. The van der Waals surface area contributed by atoms with E-state index in [9.17, 15) is 14.9 Å². The summed E-state index contributed by atoms with van der Waals surface area (Å²) >= 11 is 1.51. The van der Waals surface area contributed by atoms with Gasteiger partial charge in [0.2, 0.25) is 5.91 Å². The Hall–Kier alpha value is -2.62. The standard InChI is InChI=1S/C20H24N6O3S/c27-18(13-30-20-22-21-19(14-1-2-14)25(20)16-5-6-16)24-11-9-23(10-12-24)15-3-7-17(8-4-15)26(28)29/h3-4,7-8,14,16H,1-2,5-6,9-13H2. The highest BCUT2D eigenvalue weighted by molar-refractivity contribution is 7.99. The number of nitro groups is 1. The molecular formula is C20H24N6O3S. The SMILES string of the molecule is O=C(CSc1nnc(C2CC2)n1C1CC1)N1CCN(c2ccc([N+](=O)[O-])cc2)CC1. The highest BCUT2D eigenvalue weighted by Crippen LogP contribution is 2.46. The first kappa shape index (κ1) is 19.3. The molecule has 0 unspecified atom stereocenters. The number of carbonyl (C=O) groups excluding carboxylic acids is 1. The van der Waals surface area contributed by atoms with Gasteiger partial charge in [0.05, 0.1) is 10.7 Å². The summed E-state index contributed by atoms with van der Waals surface area (Å²) in [7, 11) is 0. The average molecular weight is 429 g/mol. The van der Waals surface area contributed by atoms with E-state index in [4.69, 9.17) is 0 Å². The minimum atomic E-state index is -0.393. The molecule has 2 heterocycles. The summed E-state index contributed by atoms with van der Waals surface area (Å²) < 4.78 is 2.28. The molecule has 9 nitrogen and oxygen atoms in total. The number of rotatable bonds is 7. The minimum absolute atomic E-state index is 0.0912. The second kappa shape index (κ2) is 7.90. The molecule has 3 fully saturated rings. The van der Waals surface area contributed by atoms with Gasteiger partial charge >= 0.3 is 0 Å². The van der Waals surface area contributed by atoms with Crippen LogP contribution in [0, 0.1) is 10.1 Å². The van der Waals surface area contributed by atoms with Gasteiger partial charge in [-0.1, -0.05) is 11.8 Å². The molecule has 1 saturated heterocycles. The Morgan fingerprint density at radius 1 is 1.07 bits per heavy atom. The predicted octanol–water partition coefficient (Wildman–Crippen LogP) is 2.84. The number of nitro benzene ring substituents is 1. The molecule has 0 atom stereocenters. The third-order valence-corrected chi connectivity index (χ3v) is 6.86. The van der Waals surface area contributed by atoms with E-state index in [1.807, 2.05) is 4.90 Å². The molecule has 2 aromatic rings. The lowest BCUT2D eigenvalue weighted by atomic mass is 10.2. The third-order valence-electron chi connectivity index (χ3n) is 5.93. The predicted molar refractivity (Wildman–Crippen MR) is 113 cm³/mol. The lowest BCUT2D eigenvalue weighted by Gasteiger charge is -2.36. The van der Waals surface area contributed by atoms with Gasteiger partial charge in [0.15, 0.2) is 5.16 Å². The number of benzene rings is 1. The van der Waals surface area contributed by atoms with Crippen molar-refractivity contribution in [1.82, 2.24) is 19.7 Å². The quantitative estimate of drug-likeness (QED) is 0.380. The van der Waals surface area contributed by atoms with E-state index >= 15 is 0 Å². The highest BCUT2D eigenvalue weighted by Gasteiger charge is 2.36. The number of thioether (sulfide) groups is 1. The molecule has 30 heavy (non-hydrogen) atoms. The Balaban J connectivity index is 1.14. The summed E-state index contributed by atoms with van der Waals surface area (Å²) in [5.41, 5.74) is 1.04. The molecule has 2 saturated carbocycles. The molecule has 10 heteroatoms. The van der Waals surface area contributed by atoms with Gasteiger partial charge in [-0.3, -0.25) is 14.9 Å². The maximum absolute atomic E-state index is 12.7. The van der Waals surface area contributed by atoms with Crippen LogP contribution in [-0.2, 0) is 4.79 Å². The van der Waals surface area contributed by atoms with E-state index in [0.29, 0.717) is 30.8 Å². The van der Waals surface area contributed by atoms with Crippen molar-refractivity contribution in [1.29, 1.82) is 0 Å². The number of hydrogen-bond acceptors (Lipinski definition) is 7. The van der Waals surface area contributed by atoms with Crippen LogP contribution < -0.4 is 4.90 Å². The van der Waals surface area contributed by atoms with Gasteiger partial charge in [-0.25, -0.2) is 0 Å². The van der Waals surface area contributed by atoms with Gasteiger partial charge in [-0.15, -0.1) is 10.2 Å². The summed E-state index contributed by atoms with van der Waals surface area (Å²) in [6.45, 7) is 2.74. The Labute approximate surface area is 178 Å². The van der Waals surface area contributed by atoms with Gasteiger partial charge in [0.1, 0.15) is 5.82 Å². The fourth-order valence-electron chi connectivity index (χ4n) is 3.90. The Morgan fingerprint density at radius 3 is 2.37 bits per heavy atom. The topological polar surface area (TPSA) is 97.4 Å². The number of nitrogens with zero attached hydrogens (tertiary/aromatic N) is 6. The molecule has 1 aromatic carbocycles. The molecule has 0 radical (unpaired) electrons. The van der Waals surface area contributed by atoms with E-state index < -0.39 is 4.92 Å². The second-order valence-corrected chi connectivity index (χ2v) is 9.09. The lowest BCUT2D eigenvalue weighted by molar-refractivity contribution is -0.384. The van der Waals surface area contributed by atoms with Crippen LogP contribution in [0.1, 0.15) is 43.5 Å². The number of piperazine rings is 1. The molecule has 0 bridgehead atoms. The lowest BCUT2D eigenvalue weighted by Crippen LogP contribution is -2.49. The van der Waals surface area contributed by atoms with E-state index in [1.165, 1.54) is 49.6 Å². The molecule has 5 rings (SSSR count). The van der Waals surface area contributed by atoms with E-state index in [2.05, 4.69) is 19.7 Å². The number of carbonyl (C=O) groups is 1. The highest BCUT2D eigenvalue weighted by atomic mass is 32.2. The zero-order valence-corrected chi connectivity index (χ0v) is 17.5. The van der Waals surface area contributed by atoms with Gasteiger partial charge in [-0.2, -0.15) is 0 Å². The molecule has 3 aliphatic rings. The van der Waals surface area contributed by atoms with Crippen LogP contribution in [0.15, 0.2) is 29.4 Å². The first-order valence-corrected chi connectivity index (χ1v) is 11.4. The summed E-state index contributed by atoms with van der Waals surface area (Å²) in [6, 6.07) is 7.12. The fourth-order valence-corrected chi connectivity index (χ4v) is 4.81. The van der Waals surface area contributed by atoms with Gasteiger partial charge in [0, 0.05) is 56.0 Å². The van der Waals surface area contributed by atoms with E-state index in [0.717, 1.165) is 29.8 Å². The smallest absolute Gasteiger partial charge is 0.269 e. The van der Waals surface area contributed by atoms with Gasteiger partial charge in [-0.05, 0) is 37.8 Å². The van der Waals surface area contributed by atoms with Crippen molar-refractivity contribution < 1.29 is 9.72 Å². The summed E-state index contributed by atoms with van der Waals surface area (Å²) in [6.07, 6.45) is 4.77. The van der Waals surface area contributed by atoms with Crippen LogP contribution in [-0.4, -0.2) is 62.4 Å². The Morgan fingerprint density at radius 2 is 1.77 bits per heavy atom. The van der Waals surface area contributed by atoms with Crippen molar-refractivity contribution in [2.45, 2.75) is 42.8 Å². The molecule has 2 aliphatic carbocycles. The van der Waals surface area contributed by atoms with Crippen molar-refractivity contribution in [3.63, 3.8) is 0 Å². The largest absolute Gasteiger partial charge is 0.368 e. The minimum Gasteiger partial charge on any atom is -0.368 e. The molecule has 1 aliphatic heterocycles. The number of aromatic nitrogens is 3. The molecule has 0 N–H and O–H groups in total. The van der Waals surface area contributed by atoms with Crippen molar-refractivity contribution >= 4 is 29.0 Å².